The molecule has 0 fully saturated rings. The molecule has 10 nitrogen and oxygen atoms in total. The molecule has 0 unspecified atom stereocenters. The molecule has 0 saturated carbocycles. The molecule has 0 N–H and O–H groups in total. The number of aryl methyl sites for hydroxylation is 1. The molecule has 0 radical (unpaired) electrons. The molecular weight excluding hydrogens is 602 g/mol. The van der Waals surface area contributed by atoms with E-state index < -0.39 is 15.8 Å². The average Bonchev–Trinajstić information content (AvgIpc) is 3.18. The quantitative estimate of drug-likeness (QED) is 0.132. The zero-order valence-electron chi connectivity index (χ0n) is 18.4. The number of carbonyl (C=O) groups is 1. The first-order valence-corrected chi connectivity index (χ1v) is 11.8. The van der Waals surface area contributed by atoms with Gasteiger partial charge in [0.05, 0.1) is 18.8 Å². The number of nitrogens with zero attached hydrogens (tertiary/aromatic N) is 3. The molecule has 0 aliphatic carbocycles. The molecule has 1 aliphatic heterocycles. The van der Waals surface area contributed by atoms with Gasteiger partial charge in [-0.2, -0.15) is 0 Å². The van der Waals surface area contributed by atoms with Crippen LogP contribution in [0.5, 0.6) is 5.75 Å². The van der Waals surface area contributed by atoms with Gasteiger partial charge >= 0.3 is 5.97 Å². The number of benzene rings is 3. The van der Waals surface area contributed by atoms with Gasteiger partial charge in [0, 0.05) is 29.3 Å². The van der Waals surface area contributed by atoms with Crippen LogP contribution >= 0.6 is 31.9 Å². The number of hydrogen-bond donors (Lipinski definition) is 0. The maximum atomic E-state index is 12.4. The van der Waals surface area contributed by atoms with Crippen molar-refractivity contribution in [2.45, 2.75) is 13.5 Å². The van der Waals surface area contributed by atoms with Gasteiger partial charge in [0.25, 0.3) is 11.4 Å². The molecule has 3 aromatic rings. The molecule has 0 amide bonds. The number of nitro benzene ring substituents is 2. The zero-order chi connectivity index (χ0) is 26.0. The highest BCUT2D eigenvalue weighted by molar-refractivity contribution is 9.11. The number of hydrogen-bond acceptors (Lipinski definition) is 8. The van der Waals surface area contributed by atoms with Gasteiger partial charge in [0.1, 0.15) is 12.4 Å². The molecule has 1 heterocycles. The number of aliphatic imine (C=N–C) groups is 1. The fourth-order valence-corrected chi connectivity index (χ4v) is 4.75. The van der Waals surface area contributed by atoms with Crippen molar-refractivity contribution in [2.24, 2.45) is 4.99 Å². The standard InChI is InChI=1S/C24H15Br2N3O7/c1-13-2-5-16(11-21(13)29(33)34)23-27-20(24(30)36-23)10-15-8-18(25)22(19(26)9-15)35-12-14-3-6-17(7-4-14)28(31)32/h2-11H,12H2,1H3/b20-10-. The second-order valence-electron chi connectivity index (χ2n) is 7.62. The van der Waals surface area contributed by atoms with Crippen LogP contribution in [0.2, 0.25) is 0 Å². The third-order valence-electron chi connectivity index (χ3n) is 5.13. The molecule has 182 valence electrons. The molecule has 3 aromatic carbocycles. The molecule has 4 rings (SSSR count). The molecule has 0 saturated heterocycles. The zero-order valence-corrected chi connectivity index (χ0v) is 21.6. The van der Waals surface area contributed by atoms with Crippen LogP contribution in [0, 0.1) is 27.2 Å². The van der Waals surface area contributed by atoms with Crippen molar-refractivity contribution in [3.05, 3.63) is 112 Å². The first-order valence-electron chi connectivity index (χ1n) is 10.3. The summed E-state index contributed by atoms with van der Waals surface area (Å²) < 4.78 is 12.3. The lowest BCUT2D eigenvalue weighted by Crippen LogP contribution is -2.06. The van der Waals surface area contributed by atoms with Crippen LogP contribution in [-0.2, 0) is 16.1 Å². The Morgan fingerprint density at radius 1 is 1.00 bits per heavy atom. The summed E-state index contributed by atoms with van der Waals surface area (Å²) in [7, 11) is 0. The van der Waals surface area contributed by atoms with Gasteiger partial charge in [0.15, 0.2) is 5.70 Å². The Morgan fingerprint density at radius 2 is 1.67 bits per heavy atom. The maximum Gasteiger partial charge on any atom is 0.363 e. The van der Waals surface area contributed by atoms with Gasteiger partial charge in [-0.15, -0.1) is 0 Å². The van der Waals surface area contributed by atoms with Crippen molar-refractivity contribution in [3.63, 3.8) is 0 Å². The number of nitro groups is 2. The predicted molar refractivity (Wildman–Crippen MR) is 138 cm³/mol. The predicted octanol–water partition coefficient (Wildman–Crippen LogP) is 6.26. The van der Waals surface area contributed by atoms with E-state index in [4.69, 9.17) is 9.47 Å². The van der Waals surface area contributed by atoms with Crippen LogP contribution in [0.1, 0.15) is 22.3 Å². The average molecular weight is 617 g/mol. The number of cyclic esters (lactones) is 1. The SMILES string of the molecule is Cc1ccc(C2=N/C(=C\c3cc(Br)c(OCc4ccc([N+](=O)[O-])cc4)c(Br)c3)C(=O)O2)cc1[N+](=O)[O-]. The van der Waals surface area contributed by atoms with Gasteiger partial charge in [-0.1, -0.05) is 6.07 Å². The summed E-state index contributed by atoms with van der Waals surface area (Å²) in [4.78, 5) is 37.6. The molecule has 1 aliphatic rings. The summed E-state index contributed by atoms with van der Waals surface area (Å²) in [6, 6.07) is 14.0. The van der Waals surface area contributed by atoms with Crippen LogP contribution in [0.4, 0.5) is 11.4 Å². The minimum absolute atomic E-state index is 0.00430. The lowest BCUT2D eigenvalue weighted by Gasteiger charge is -2.11. The van der Waals surface area contributed by atoms with Gasteiger partial charge in [-0.25, -0.2) is 9.79 Å². The minimum atomic E-state index is -0.682. The van der Waals surface area contributed by atoms with Gasteiger partial charge in [0.2, 0.25) is 5.90 Å². The molecule has 12 heteroatoms. The Balaban J connectivity index is 1.54. The lowest BCUT2D eigenvalue weighted by molar-refractivity contribution is -0.385. The van der Waals surface area contributed by atoms with Crippen molar-refractivity contribution in [3.8, 4) is 5.75 Å². The third kappa shape index (κ3) is 5.50. The van der Waals surface area contributed by atoms with Crippen molar-refractivity contribution < 1.29 is 24.1 Å². The van der Waals surface area contributed by atoms with Gasteiger partial charge in [-0.05, 0) is 86.3 Å². The third-order valence-corrected chi connectivity index (χ3v) is 6.31. The Hall–Kier alpha value is -3.90. The van der Waals surface area contributed by atoms with E-state index in [0.29, 0.717) is 31.4 Å². The van der Waals surface area contributed by atoms with Crippen LogP contribution in [0.15, 0.2) is 74.2 Å². The number of rotatable bonds is 7. The smallest absolute Gasteiger partial charge is 0.363 e. The molecular formula is C24H15Br2N3O7. The van der Waals surface area contributed by atoms with Crippen molar-refractivity contribution in [1.82, 2.24) is 0 Å². The van der Waals surface area contributed by atoms with Crippen LogP contribution < -0.4 is 4.74 Å². The van der Waals surface area contributed by atoms with E-state index in [9.17, 15) is 25.0 Å². The fourth-order valence-electron chi connectivity index (χ4n) is 3.30. The lowest BCUT2D eigenvalue weighted by atomic mass is 10.1. The monoisotopic (exact) mass is 615 g/mol. The van der Waals surface area contributed by atoms with E-state index >= 15 is 0 Å². The van der Waals surface area contributed by atoms with Crippen molar-refractivity contribution >= 4 is 61.2 Å². The van der Waals surface area contributed by atoms with E-state index in [1.54, 1.807) is 43.3 Å². The second-order valence-corrected chi connectivity index (χ2v) is 9.33. The summed E-state index contributed by atoms with van der Waals surface area (Å²) in [5.74, 6) is -0.199. The highest BCUT2D eigenvalue weighted by Gasteiger charge is 2.26. The van der Waals surface area contributed by atoms with E-state index in [0.717, 1.165) is 5.56 Å². The van der Waals surface area contributed by atoms with Crippen LogP contribution in [0.25, 0.3) is 6.08 Å². The molecule has 0 atom stereocenters. The number of carbonyl (C=O) groups excluding carboxylic acids is 1. The van der Waals surface area contributed by atoms with Crippen molar-refractivity contribution in [2.75, 3.05) is 0 Å². The van der Waals surface area contributed by atoms with E-state index in [1.807, 2.05) is 0 Å². The molecule has 0 bridgehead atoms. The summed E-state index contributed by atoms with van der Waals surface area (Å²) >= 11 is 6.91. The first kappa shape index (κ1) is 25.2. The fraction of sp³-hybridized carbons (Fsp3) is 0.0833. The Labute approximate surface area is 220 Å². The molecule has 36 heavy (non-hydrogen) atoms. The van der Waals surface area contributed by atoms with Gasteiger partial charge in [-0.3, -0.25) is 20.2 Å². The number of halogens is 2. The Bertz CT molecular complexity index is 1440. The summed E-state index contributed by atoms with van der Waals surface area (Å²) in [5, 5.41) is 22.0. The van der Waals surface area contributed by atoms with E-state index in [2.05, 4.69) is 36.9 Å². The topological polar surface area (TPSA) is 134 Å². The number of esters is 1. The number of non-ortho nitro benzene ring substituents is 1. The summed E-state index contributed by atoms with van der Waals surface area (Å²) in [6.45, 7) is 1.79. The summed E-state index contributed by atoms with van der Waals surface area (Å²) in [6.07, 6.45) is 1.52. The van der Waals surface area contributed by atoms with E-state index in [1.165, 1.54) is 24.3 Å². The molecule has 0 aromatic heterocycles. The van der Waals surface area contributed by atoms with Gasteiger partial charge < -0.3 is 9.47 Å². The normalized spacial score (nSPS) is 13.9. The maximum absolute atomic E-state index is 12.4. The highest BCUT2D eigenvalue weighted by atomic mass is 79.9. The second kappa shape index (κ2) is 10.4. The number of ether oxygens (including phenoxy) is 2. The Morgan fingerprint density at radius 3 is 2.28 bits per heavy atom. The van der Waals surface area contributed by atoms with Crippen LogP contribution in [0.3, 0.4) is 0 Å². The van der Waals surface area contributed by atoms with Crippen molar-refractivity contribution in [1.29, 1.82) is 0 Å². The Kier molecular flexibility index (Phi) is 7.27. The molecule has 0 spiro atoms. The summed E-state index contributed by atoms with van der Waals surface area (Å²) in [5.41, 5.74) is 2.10. The first-order chi connectivity index (χ1) is 17.1. The highest BCUT2D eigenvalue weighted by Crippen LogP contribution is 2.36. The van der Waals surface area contributed by atoms with E-state index in [-0.39, 0.29) is 29.6 Å². The minimum Gasteiger partial charge on any atom is -0.487 e. The largest absolute Gasteiger partial charge is 0.487 e. The van der Waals surface area contributed by atoms with Crippen LogP contribution in [-0.4, -0.2) is 21.7 Å².